The molecule has 0 radical (unpaired) electrons. The minimum atomic E-state index is -2.51. The Morgan fingerprint density at radius 2 is 1.67 bits per heavy atom. The van der Waals surface area contributed by atoms with Gasteiger partial charge in [0.1, 0.15) is 5.82 Å². The van der Waals surface area contributed by atoms with Crippen molar-refractivity contribution in [2.75, 3.05) is 0 Å². The summed E-state index contributed by atoms with van der Waals surface area (Å²) in [5, 5.41) is 0. The molecule has 2 N–H and O–H groups in total. The maximum Gasteiger partial charge on any atom is 0.266 e. The van der Waals surface area contributed by atoms with Gasteiger partial charge >= 0.3 is 0 Å². The fourth-order valence-corrected chi connectivity index (χ4v) is 1.45. The third-order valence-corrected chi connectivity index (χ3v) is 2.40. The molecule has 0 saturated carbocycles. The Kier molecular flexibility index (Phi) is 5.26. The predicted molar refractivity (Wildman–Crippen MR) is 59.3 cm³/mol. The van der Waals surface area contributed by atoms with Gasteiger partial charge in [-0.15, -0.1) is 0 Å². The summed E-state index contributed by atoms with van der Waals surface area (Å²) in [7, 11) is 0. The summed E-state index contributed by atoms with van der Waals surface area (Å²) in [6, 6.07) is 3.93. The first-order valence-electron chi connectivity index (χ1n) is 5.29. The van der Waals surface area contributed by atoms with E-state index in [-0.39, 0.29) is 11.0 Å². The molecule has 0 unspecified atom stereocenters. The van der Waals surface area contributed by atoms with E-state index in [0.29, 0.717) is 12.2 Å². The van der Waals surface area contributed by atoms with Crippen molar-refractivity contribution in [3.05, 3.63) is 53.9 Å². The van der Waals surface area contributed by atoms with Crippen LogP contribution in [-0.4, -0.2) is 15.4 Å². The van der Waals surface area contributed by atoms with E-state index in [1.807, 2.05) is 24.5 Å². The molecule has 18 heavy (non-hydrogen) atoms. The Hall–Kier alpha value is -1.95. The molecule has 4 nitrogen and oxygen atoms in total. The van der Waals surface area contributed by atoms with Crippen LogP contribution in [0.2, 0.25) is 0 Å². The minimum absolute atomic E-state index is 0. The van der Waals surface area contributed by atoms with Gasteiger partial charge in [0.2, 0.25) is 0 Å². The summed E-state index contributed by atoms with van der Waals surface area (Å²) < 4.78 is 24.5. The number of hydrogen-bond acceptors (Lipinski definition) is 3. The molecule has 0 saturated heterocycles. The Morgan fingerprint density at radius 1 is 1.06 bits per heavy atom. The molecule has 96 valence electrons. The lowest BCUT2D eigenvalue weighted by Crippen LogP contribution is -2.02. The molecular formula is C12H13F2N3O. The van der Waals surface area contributed by atoms with Crippen LogP contribution in [0.5, 0.6) is 0 Å². The molecule has 0 aliphatic carbocycles. The highest BCUT2D eigenvalue weighted by atomic mass is 19.3. The van der Waals surface area contributed by atoms with Crippen LogP contribution in [0.15, 0.2) is 36.9 Å². The molecule has 0 aromatic carbocycles. The van der Waals surface area contributed by atoms with Crippen molar-refractivity contribution in [2.24, 2.45) is 0 Å². The first-order chi connectivity index (χ1) is 8.25. The molecule has 0 amide bonds. The smallest absolute Gasteiger partial charge is 0.266 e. The molecule has 2 rings (SSSR count). The molecule has 0 atom stereocenters. The normalized spacial score (nSPS) is 10.2. The van der Waals surface area contributed by atoms with Crippen LogP contribution in [-0.2, 0) is 12.8 Å². The lowest BCUT2D eigenvalue weighted by Gasteiger charge is -2.01. The summed E-state index contributed by atoms with van der Waals surface area (Å²) in [5.74, 6) is 0.585. The van der Waals surface area contributed by atoms with Crippen LogP contribution in [0.4, 0.5) is 8.78 Å². The second kappa shape index (κ2) is 6.70. The number of alkyl halides is 2. The van der Waals surface area contributed by atoms with Crippen molar-refractivity contribution in [1.82, 2.24) is 9.97 Å². The van der Waals surface area contributed by atoms with Crippen molar-refractivity contribution in [1.29, 1.82) is 0 Å². The number of pyridine rings is 1. The predicted octanol–water partition coefficient (Wildman–Crippen LogP) is 1.84. The molecule has 0 bridgehead atoms. The van der Waals surface area contributed by atoms with Crippen LogP contribution >= 0.6 is 0 Å². The Balaban J connectivity index is 0.00000162. The maximum absolute atomic E-state index is 12.3. The van der Waals surface area contributed by atoms with Crippen LogP contribution < -0.4 is 4.98 Å². The first kappa shape index (κ1) is 14.1. The molecule has 2 aromatic rings. The summed E-state index contributed by atoms with van der Waals surface area (Å²) in [5.41, 5.74) is 1.02. The summed E-state index contributed by atoms with van der Waals surface area (Å²) in [4.78, 5) is 10.8. The third-order valence-electron chi connectivity index (χ3n) is 2.40. The molecule has 2 aromatic heterocycles. The molecule has 0 aliphatic rings. The fraction of sp³-hybridized carbons (Fsp3) is 0.250. The van der Waals surface area contributed by atoms with Gasteiger partial charge in [-0.25, -0.2) is 23.7 Å². The quantitative estimate of drug-likeness (QED) is 0.834. The number of nitrogens with zero attached hydrogens (tertiary/aromatic N) is 2. The van der Waals surface area contributed by atoms with Crippen LogP contribution in [0.1, 0.15) is 23.4 Å². The Labute approximate surface area is 103 Å². The van der Waals surface area contributed by atoms with Gasteiger partial charge in [-0.1, -0.05) is 0 Å². The molecular weight excluding hydrogens is 240 g/mol. The summed E-state index contributed by atoms with van der Waals surface area (Å²) in [6.45, 7) is 0. The van der Waals surface area contributed by atoms with E-state index < -0.39 is 6.43 Å². The number of halogens is 2. The van der Waals surface area contributed by atoms with Gasteiger partial charge in [0.15, 0.2) is 12.4 Å². The number of rotatable bonds is 4. The van der Waals surface area contributed by atoms with Gasteiger partial charge in [0, 0.05) is 30.9 Å². The van der Waals surface area contributed by atoms with E-state index in [0.717, 1.165) is 12.0 Å². The highest BCUT2D eigenvalue weighted by Crippen LogP contribution is 2.16. The monoisotopic (exact) mass is 253 g/mol. The van der Waals surface area contributed by atoms with Gasteiger partial charge in [-0.2, -0.15) is 0 Å². The zero-order chi connectivity index (χ0) is 12.1. The topological polar surface area (TPSA) is 69.9 Å². The lowest BCUT2D eigenvalue weighted by atomic mass is 10.1. The van der Waals surface area contributed by atoms with Crippen molar-refractivity contribution < 1.29 is 19.2 Å². The summed E-state index contributed by atoms with van der Waals surface area (Å²) in [6.07, 6.45) is 4.99. The van der Waals surface area contributed by atoms with Crippen molar-refractivity contribution in [3.8, 4) is 0 Å². The van der Waals surface area contributed by atoms with Crippen molar-refractivity contribution >= 4 is 0 Å². The highest BCUT2D eigenvalue weighted by molar-refractivity contribution is 5.10. The van der Waals surface area contributed by atoms with Crippen LogP contribution in [0, 0.1) is 0 Å². The van der Waals surface area contributed by atoms with Crippen LogP contribution in [0.25, 0.3) is 0 Å². The van der Waals surface area contributed by atoms with Gasteiger partial charge in [0.25, 0.3) is 6.43 Å². The molecule has 6 heteroatoms. The van der Waals surface area contributed by atoms with E-state index in [9.17, 15) is 8.78 Å². The molecule has 0 fully saturated rings. The number of aromatic amines is 1. The number of H-pyrrole nitrogens is 1. The van der Waals surface area contributed by atoms with Crippen LogP contribution in [0.3, 0.4) is 0 Å². The average molecular weight is 253 g/mol. The van der Waals surface area contributed by atoms with E-state index in [2.05, 4.69) is 15.0 Å². The van der Waals surface area contributed by atoms with E-state index in [1.54, 1.807) is 0 Å². The summed E-state index contributed by atoms with van der Waals surface area (Å²) >= 11 is 0. The highest BCUT2D eigenvalue weighted by Gasteiger charge is 2.07. The fourth-order valence-electron chi connectivity index (χ4n) is 1.45. The Bertz CT molecular complexity index is 463. The van der Waals surface area contributed by atoms with Gasteiger partial charge < -0.3 is 5.48 Å². The zero-order valence-corrected chi connectivity index (χ0v) is 9.55. The number of nitrogens with one attached hydrogen (secondary N) is 1. The minimum Gasteiger partial charge on any atom is -0.870 e. The molecule has 2 heterocycles. The van der Waals surface area contributed by atoms with E-state index in [1.165, 1.54) is 12.4 Å². The second-order valence-electron chi connectivity index (χ2n) is 3.64. The van der Waals surface area contributed by atoms with Gasteiger partial charge in [0.05, 0.1) is 5.56 Å². The lowest BCUT2D eigenvalue weighted by molar-refractivity contribution is -0.378. The molecule has 0 spiro atoms. The van der Waals surface area contributed by atoms with E-state index in [4.69, 9.17) is 0 Å². The van der Waals surface area contributed by atoms with Crippen molar-refractivity contribution in [3.63, 3.8) is 0 Å². The molecule has 0 aliphatic heterocycles. The van der Waals surface area contributed by atoms with E-state index >= 15 is 0 Å². The number of aryl methyl sites for hydroxylation is 2. The third kappa shape index (κ3) is 3.81. The number of hydrogen-bond donors (Lipinski definition) is 0. The second-order valence-corrected chi connectivity index (χ2v) is 3.64. The largest absolute Gasteiger partial charge is 0.870 e. The first-order valence-corrected chi connectivity index (χ1v) is 5.29. The van der Waals surface area contributed by atoms with Gasteiger partial charge in [-0.05, 0) is 12.0 Å². The Morgan fingerprint density at radius 3 is 2.22 bits per heavy atom. The SMILES string of the molecule is FC(F)c1cnc(CCc2cc[nH+]cc2)nc1.[OH-]. The average Bonchev–Trinajstić information content (AvgIpc) is 2.38. The zero-order valence-electron chi connectivity index (χ0n) is 9.55. The standard InChI is InChI=1S/C12H11F2N3.H2O/c13-12(14)10-7-16-11(17-8-10)2-1-9-3-5-15-6-4-9;/h3-8,12H,1-2H2;1H2. The number of aromatic nitrogens is 3. The van der Waals surface area contributed by atoms with Crippen molar-refractivity contribution in [2.45, 2.75) is 19.3 Å². The maximum atomic E-state index is 12.3. The van der Waals surface area contributed by atoms with Gasteiger partial charge in [-0.3, -0.25) is 0 Å².